The predicted octanol–water partition coefficient (Wildman–Crippen LogP) is 2.36. The summed E-state index contributed by atoms with van der Waals surface area (Å²) in [6.07, 6.45) is 4.21. The van der Waals surface area contributed by atoms with E-state index in [1.807, 2.05) is 6.07 Å². The Labute approximate surface area is 180 Å². The van der Waals surface area contributed by atoms with Gasteiger partial charge in [0, 0.05) is 32.7 Å². The second-order valence-corrected chi connectivity index (χ2v) is 11.4. The van der Waals surface area contributed by atoms with E-state index in [2.05, 4.69) is 24.8 Å². The number of aliphatic hydroxyl groups is 1. The fourth-order valence-corrected chi connectivity index (χ4v) is 6.64. The summed E-state index contributed by atoms with van der Waals surface area (Å²) in [5.74, 6) is 1.45. The van der Waals surface area contributed by atoms with Crippen LogP contribution in [0.1, 0.15) is 26.7 Å². The van der Waals surface area contributed by atoms with E-state index in [1.54, 1.807) is 24.3 Å². The largest absolute Gasteiger partial charge is 0.389 e. The van der Waals surface area contributed by atoms with Gasteiger partial charge in [0.05, 0.1) is 24.2 Å². The van der Waals surface area contributed by atoms with Crippen LogP contribution in [-0.4, -0.2) is 74.8 Å². The van der Waals surface area contributed by atoms with Crippen LogP contribution in [0.2, 0.25) is 0 Å². The van der Waals surface area contributed by atoms with E-state index >= 15 is 0 Å². The highest BCUT2D eigenvalue weighted by molar-refractivity contribution is 7.89. The number of sulfonamides is 1. The second kappa shape index (κ2) is 8.71. The van der Waals surface area contributed by atoms with Crippen molar-refractivity contribution in [3.63, 3.8) is 0 Å². The molecule has 2 bridgehead atoms. The van der Waals surface area contributed by atoms with E-state index < -0.39 is 16.1 Å². The molecule has 1 aromatic rings. The summed E-state index contributed by atoms with van der Waals surface area (Å²) >= 11 is 0. The molecule has 30 heavy (non-hydrogen) atoms. The Morgan fingerprint density at radius 1 is 1.17 bits per heavy atom. The Bertz CT molecular complexity index is 860. The molecular weight excluding hydrogens is 400 g/mol. The molecule has 2 fully saturated rings. The lowest BCUT2D eigenvalue weighted by atomic mass is 9.49. The highest BCUT2D eigenvalue weighted by atomic mass is 32.2. The summed E-state index contributed by atoms with van der Waals surface area (Å²) in [7, 11) is -3.44. The third-order valence-electron chi connectivity index (χ3n) is 7.34. The van der Waals surface area contributed by atoms with E-state index in [4.69, 9.17) is 4.74 Å². The number of hydrogen-bond donors (Lipinski definition) is 1. The number of hydrogen-bond acceptors (Lipinski definition) is 5. The molecule has 1 aliphatic heterocycles. The quantitative estimate of drug-likeness (QED) is 0.636. The average molecular weight is 435 g/mol. The predicted molar refractivity (Wildman–Crippen MR) is 117 cm³/mol. The zero-order valence-corrected chi connectivity index (χ0v) is 18.9. The number of fused-ring (bicyclic) bond motifs is 1. The van der Waals surface area contributed by atoms with Crippen LogP contribution in [0.25, 0.3) is 0 Å². The maximum Gasteiger partial charge on any atom is 0.243 e. The van der Waals surface area contributed by atoms with Gasteiger partial charge in [0.2, 0.25) is 10.0 Å². The van der Waals surface area contributed by atoms with Crippen molar-refractivity contribution in [3.05, 3.63) is 42.0 Å². The fraction of sp³-hybridized carbons (Fsp3) is 0.652. The van der Waals surface area contributed by atoms with Gasteiger partial charge in [-0.05, 0) is 47.8 Å². The number of β-amino-alcohol motifs (C(OH)–C–C–N with tert-alkyl or cyclic N) is 1. The van der Waals surface area contributed by atoms with Crippen LogP contribution in [0.4, 0.5) is 0 Å². The highest BCUT2D eigenvalue weighted by Gasteiger charge is 2.50. The van der Waals surface area contributed by atoms with Crippen LogP contribution in [0, 0.1) is 17.3 Å². The third-order valence-corrected chi connectivity index (χ3v) is 9.26. The molecule has 6 nitrogen and oxygen atoms in total. The van der Waals surface area contributed by atoms with Crippen molar-refractivity contribution in [2.45, 2.75) is 37.7 Å². The van der Waals surface area contributed by atoms with Crippen molar-refractivity contribution < 1.29 is 18.3 Å². The molecule has 1 saturated carbocycles. The van der Waals surface area contributed by atoms with Gasteiger partial charge in [0.1, 0.15) is 0 Å². The Kier molecular flexibility index (Phi) is 6.38. The number of ether oxygens (including phenoxy) is 1. The van der Waals surface area contributed by atoms with Crippen LogP contribution in [0.15, 0.2) is 46.9 Å². The van der Waals surface area contributed by atoms with E-state index in [-0.39, 0.29) is 0 Å². The molecule has 1 N–H and O–H groups in total. The maximum atomic E-state index is 12.7. The van der Waals surface area contributed by atoms with Gasteiger partial charge in [-0.15, -0.1) is 0 Å². The summed E-state index contributed by atoms with van der Waals surface area (Å²) in [6.45, 7) is 8.26. The van der Waals surface area contributed by atoms with Crippen molar-refractivity contribution in [2.75, 3.05) is 45.9 Å². The van der Waals surface area contributed by atoms with Crippen molar-refractivity contribution in [3.8, 4) is 0 Å². The van der Waals surface area contributed by atoms with Gasteiger partial charge in [0.15, 0.2) is 0 Å². The minimum absolute atomic E-state index is 0.316. The average Bonchev–Trinajstić information content (AvgIpc) is 2.74. The van der Waals surface area contributed by atoms with E-state index in [0.717, 1.165) is 12.3 Å². The first-order valence-corrected chi connectivity index (χ1v) is 12.4. The topological polar surface area (TPSA) is 70.1 Å². The van der Waals surface area contributed by atoms with Crippen molar-refractivity contribution >= 4 is 10.0 Å². The standard InChI is InChI=1S/C23H34N2O4S/c1-23(2)19-9-8-18(22(23)14-19)16-29-17-20(26)15-24-10-12-25(13-11-24)30(27,28)21-6-4-3-5-7-21/h3-8,19-20,22,26H,9-17H2,1-2H3/t19-,20-,22-/m0/s1. The van der Waals surface area contributed by atoms with Crippen LogP contribution >= 0.6 is 0 Å². The summed E-state index contributed by atoms with van der Waals surface area (Å²) in [6, 6.07) is 8.57. The summed E-state index contributed by atoms with van der Waals surface area (Å²) in [5.41, 5.74) is 1.79. The number of benzene rings is 1. The zero-order valence-electron chi connectivity index (χ0n) is 18.0. The molecule has 1 saturated heterocycles. The first kappa shape index (κ1) is 22.0. The molecule has 0 radical (unpaired) electrons. The Morgan fingerprint density at radius 3 is 2.50 bits per heavy atom. The van der Waals surface area contributed by atoms with Crippen molar-refractivity contribution in [2.24, 2.45) is 17.3 Å². The number of allylic oxidation sites excluding steroid dienone is 1. The van der Waals surface area contributed by atoms with Gasteiger partial charge in [-0.3, -0.25) is 4.90 Å². The highest BCUT2D eigenvalue weighted by Crippen LogP contribution is 2.59. The Morgan fingerprint density at radius 2 is 1.87 bits per heavy atom. The molecule has 5 rings (SSSR count). The van der Waals surface area contributed by atoms with Gasteiger partial charge in [0.25, 0.3) is 0 Å². The van der Waals surface area contributed by atoms with Crippen LogP contribution in [0.5, 0.6) is 0 Å². The second-order valence-electron chi connectivity index (χ2n) is 9.51. The molecule has 4 aliphatic rings. The van der Waals surface area contributed by atoms with Crippen LogP contribution in [0.3, 0.4) is 0 Å². The number of rotatable bonds is 8. The smallest absolute Gasteiger partial charge is 0.243 e. The summed E-state index contributed by atoms with van der Waals surface area (Å²) in [4.78, 5) is 2.45. The minimum atomic E-state index is -3.44. The number of aliphatic hydroxyl groups excluding tert-OH is 1. The first-order chi connectivity index (χ1) is 14.3. The van der Waals surface area contributed by atoms with E-state index in [1.165, 1.54) is 16.3 Å². The monoisotopic (exact) mass is 434 g/mol. The molecule has 3 atom stereocenters. The van der Waals surface area contributed by atoms with E-state index in [0.29, 0.717) is 62.2 Å². The molecule has 1 aromatic carbocycles. The molecule has 0 aromatic heterocycles. The normalized spacial score (nSPS) is 27.9. The molecular formula is C23H34N2O4S. The molecule has 0 amide bonds. The molecule has 0 unspecified atom stereocenters. The van der Waals surface area contributed by atoms with Gasteiger partial charge in [-0.25, -0.2) is 8.42 Å². The zero-order chi connectivity index (χ0) is 21.4. The lowest BCUT2D eigenvalue weighted by Gasteiger charge is -2.56. The Hall–Kier alpha value is -1.25. The third kappa shape index (κ3) is 4.36. The van der Waals surface area contributed by atoms with Gasteiger partial charge < -0.3 is 9.84 Å². The van der Waals surface area contributed by atoms with Crippen molar-refractivity contribution in [1.29, 1.82) is 0 Å². The van der Waals surface area contributed by atoms with Crippen LogP contribution < -0.4 is 0 Å². The number of nitrogens with zero attached hydrogens (tertiary/aromatic N) is 2. The SMILES string of the molecule is CC1(C)[C@H]2CC=C(COC[C@@H](O)CN3CCN(S(=O)(=O)c4ccccc4)CC3)[C@@H]1C2. The van der Waals surface area contributed by atoms with Gasteiger partial charge >= 0.3 is 0 Å². The lowest BCUT2D eigenvalue weighted by Crippen LogP contribution is -2.50. The molecule has 7 heteroatoms. The van der Waals surface area contributed by atoms with Crippen molar-refractivity contribution in [1.82, 2.24) is 9.21 Å². The molecule has 0 spiro atoms. The van der Waals surface area contributed by atoms with Gasteiger partial charge in [-0.2, -0.15) is 4.31 Å². The summed E-state index contributed by atoms with van der Waals surface area (Å²) in [5, 5.41) is 10.4. The lowest BCUT2D eigenvalue weighted by molar-refractivity contribution is -0.0268. The minimum Gasteiger partial charge on any atom is -0.389 e. The Balaban J connectivity index is 1.19. The van der Waals surface area contributed by atoms with Crippen LogP contribution in [-0.2, 0) is 14.8 Å². The van der Waals surface area contributed by atoms with Gasteiger partial charge in [-0.1, -0.05) is 38.1 Å². The van der Waals surface area contributed by atoms with E-state index in [9.17, 15) is 13.5 Å². The fourth-order valence-electron chi connectivity index (χ4n) is 5.20. The first-order valence-electron chi connectivity index (χ1n) is 11.0. The molecule has 166 valence electrons. The maximum absolute atomic E-state index is 12.7. The number of piperazine rings is 1. The summed E-state index contributed by atoms with van der Waals surface area (Å²) < 4.78 is 32.8. The molecule has 3 aliphatic carbocycles. The molecule has 1 heterocycles.